The van der Waals surface area contributed by atoms with Crippen LogP contribution in [0.2, 0.25) is 0 Å². The van der Waals surface area contributed by atoms with Gasteiger partial charge >= 0.3 is 5.97 Å². The van der Waals surface area contributed by atoms with Crippen LogP contribution in [0.15, 0.2) is 11.0 Å². The number of aliphatic hydroxyl groups is 2. The molecule has 0 aliphatic carbocycles. The van der Waals surface area contributed by atoms with Crippen LogP contribution < -0.4 is 5.73 Å². The number of ketones is 1. The van der Waals surface area contributed by atoms with E-state index < -0.39 is 35.6 Å². The third kappa shape index (κ3) is 6.61. The highest BCUT2D eigenvalue weighted by Gasteiger charge is 2.53. The summed E-state index contributed by atoms with van der Waals surface area (Å²) in [5.41, 5.74) is 5.74. The quantitative estimate of drug-likeness (QED) is 0.405. The van der Waals surface area contributed by atoms with Crippen LogP contribution in [0.25, 0.3) is 6.08 Å². The van der Waals surface area contributed by atoms with E-state index in [0.29, 0.717) is 13.0 Å². The first-order chi connectivity index (χ1) is 16.8. The SMILES string of the molecule is C/C(=C\c1csc(CN)n1)[C@@H]1C[C@@H]2O[C@]2(C)CCC[C@H](C)[C@H](O)[C@@H](C)C(=O)C(C)(C)C(O)CC(=O)O1. The Kier molecular flexibility index (Phi) is 9.15. The summed E-state index contributed by atoms with van der Waals surface area (Å²) in [6, 6.07) is 0. The molecule has 0 amide bonds. The van der Waals surface area contributed by atoms with Crippen molar-refractivity contribution in [2.45, 2.75) is 110 Å². The zero-order valence-electron chi connectivity index (χ0n) is 22.3. The molecule has 9 heteroatoms. The zero-order chi connectivity index (χ0) is 26.8. The molecular formula is C27H42N2O6S. The molecule has 4 N–H and O–H groups in total. The second kappa shape index (κ2) is 11.4. The van der Waals surface area contributed by atoms with Gasteiger partial charge in [0.1, 0.15) is 16.9 Å². The van der Waals surface area contributed by atoms with Crippen LogP contribution in [0.3, 0.4) is 0 Å². The number of fused-ring (bicyclic) bond motifs is 1. The fourth-order valence-corrected chi connectivity index (χ4v) is 5.74. The maximum Gasteiger partial charge on any atom is 0.309 e. The Labute approximate surface area is 218 Å². The smallest absolute Gasteiger partial charge is 0.309 e. The second-order valence-corrected chi connectivity index (χ2v) is 12.3. The molecule has 0 spiro atoms. The van der Waals surface area contributed by atoms with Crippen LogP contribution in [-0.4, -0.2) is 57.0 Å². The number of aliphatic hydroxyl groups excluding tert-OH is 2. The molecule has 7 atom stereocenters. The van der Waals surface area contributed by atoms with Crippen molar-refractivity contribution in [3.8, 4) is 0 Å². The predicted molar refractivity (Wildman–Crippen MR) is 139 cm³/mol. The van der Waals surface area contributed by atoms with Gasteiger partial charge in [0.2, 0.25) is 0 Å². The van der Waals surface area contributed by atoms with Gasteiger partial charge in [-0.05, 0) is 44.3 Å². The molecule has 8 nitrogen and oxygen atoms in total. The molecule has 1 unspecified atom stereocenters. The van der Waals surface area contributed by atoms with Crippen LogP contribution in [0.5, 0.6) is 0 Å². The van der Waals surface area contributed by atoms with Gasteiger partial charge in [-0.15, -0.1) is 11.3 Å². The Morgan fingerprint density at radius 3 is 2.61 bits per heavy atom. The largest absolute Gasteiger partial charge is 0.458 e. The molecular weight excluding hydrogens is 480 g/mol. The summed E-state index contributed by atoms with van der Waals surface area (Å²) in [4.78, 5) is 30.7. The molecule has 0 bridgehead atoms. The van der Waals surface area contributed by atoms with E-state index in [1.165, 1.54) is 11.3 Å². The van der Waals surface area contributed by atoms with Gasteiger partial charge in [0.25, 0.3) is 0 Å². The summed E-state index contributed by atoms with van der Waals surface area (Å²) in [6.45, 7) is 11.2. The number of rotatable bonds is 3. The maximum absolute atomic E-state index is 13.2. The number of nitrogens with two attached hydrogens (primary N) is 1. The molecule has 2 fully saturated rings. The lowest BCUT2D eigenvalue weighted by Gasteiger charge is -2.34. The van der Waals surface area contributed by atoms with Gasteiger partial charge < -0.3 is 25.4 Å². The van der Waals surface area contributed by atoms with Crippen molar-refractivity contribution in [1.82, 2.24) is 4.98 Å². The average molecular weight is 523 g/mol. The molecule has 0 saturated carbocycles. The first-order valence-electron chi connectivity index (χ1n) is 12.9. The molecule has 3 heterocycles. The number of ether oxygens (including phenoxy) is 2. The summed E-state index contributed by atoms with van der Waals surface area (Å²) in [7, 11) is 0. The third-order valence-electron chi connectivity index (χ3n) is 8.03. The van der Waals surface area contributed by atoms with E-state index in [4.69, 9.17) is 15.2 Å². The molecule has 2 saturated heterocycles. The number of hydrogen-bond donors (Lipinski definition) is 3. The van der Waals surface area contributed by atoms with E-state index in [-0.39, 0.29) is 29.8 Å². The van der Waals surface area contributed by atoms with Gasteiger partial charge in [-0.3, -0.25) is 9.59 Å². The van der Waals surface area contributed by atoms with E-state index in [1.54, 1.807) is 20.8 Å². The number of aromatic nitrogens is 1. The molecule has 202 valence electrons. The number of carbonyl (C=O) groups is 2. The third-order valence-corrected chi connectivity index (χ3v) is 8.92. The highest BCUT2D eigenvalue weighted by molar-refractivity contribution is 7.09. The van der Waals surface area contributed by atoms with Crippen LogP contribution in [0.4, 0.5) is 0 Å². The van der Waals surface area contributed by atoms with Crippen molar-refractivity contribution in [2.75, 3.05) is 0 Å². The molecule has 1 aromatic rings. The van der Waals surface area contributed by atoms with Crippen molar-refractivity contribution in [3.63, 3.8) is 0 Å². The Morgan fingerprint density at radius 1 is 1.28 bits per heavy atom. The molecule has 0 aromatic carbocycles. The van der Waals surface area contributed by atoms with Gasteiger partial charge in [0.05, 0.1) is 41.4 Å². The Balaban J connectivity index is 1.85. The average Bonchev–Trinajstić information content (AvgIpc) is 3.23. The standard InChI is InChI=1S/C27H42N2O6S/c1-15-8-7-9-27(6)21(35-27)11-19(16(2)10-18-14-36-22(13-28)29-18)34-23(31)12-20(30)26(4,5)25(33)17(3)24(15)32/h10,14-15,17,19-21,24,30,32H,7-9,11-13,28H2,1-6H3/b16-10+/t15-,17+,19-,20?,21-,24-,27+/m0/s1. The normalized spacial score (nSPS) is 36.8. The minimum atomic E-state index is -1.24. The zero-order valence-corrected chi connectivity index (χ0v) is 23.1. The summed E-state index contributed by atoms with van der Waals surface area (Å²) in [5.74, 6) is -1.59. The van der Waals surface area contributed by atoms with Crippen LogP contribution in [0, 0.1) is 17.3 Å². The highest BCUT2D eigenvalue weighted by Crippen LogP contribution is 2.45. The Hall–Kier alpha value is -1.65. The fourth-order valence-electron chi connectivity index (χ4n) is 5.11. The molecule has 1 aromatic heterocycles. The number of esters is 1. The van der Waals surface area contributed by atoms with Gasteiger partial charge in [0, 0.05) is 24.3 Å². The summed E-state index contributed by atoms with van der Waals surface area (Å²) in [5, 5.41) is 24.5. The number of Topliss-reactive ketones (excluding diaryl/α,β-unsaturated/α-hetero) is 1. The molecule has 0 radical (unpaired) electrons. The molecule has 2 aliphatic heterocycles. The highest BCUT2D eigenvalue weighted by atomic mass is 32.1. The monoisotopic (exact) mass is 522 g/mol. The van der Waals surface area contributed by atoms with Crippen molar-refractivity contribution < 1.29 is 29.3 Å². The Morgan fingerprint density at radius 2 is 1.97 bits per heavy atom. The number of epoxide rings is 1. The Bertz CT molecular complexity index is 975. The molecule has 36 heavy (non-hydrogen) atoms. The van der Waals surface area contributed by atoms with Gasteiger partial charge in [-0.1, -0.05) is 34.1 Å². The van der Waals surface area contributed by atoms with E-state index >= 15 is 0 Å². The van der Waals surface area contributed by atoms with E-state index in [0.717, 1.165) is 35.5 Å². The van der Waals surface area contributed by atoms with Gasteiger partial charge in [0.15, 0.2) is 0 Å². The van der Waals surface area contributed by atoms with Crippen LogP contribution in [0.1, 0.15) is 84.3 Å². The summed E-state index contributed by atoms with van der Waals surface area (Å²) >= 11 is 1.48. The van der Waals surface area contributed by atoms with E-state index in [1.807, 2.05) is 25.3 Å². The number of thiazole rings is 1. The summed E-state index contributed by atoms with van der Waals surface area (Å²) in [6.07, 6.45) is 1.80. The number of carbonyl (C=O) groups excluding carboxylic acids is 2. The first kappa shape index (κ1) is 28.9. The van der Waals surface area contributed by atoms with Crippen molar-refractivity contribution in [2.24, 2.45) is 23.0 Å². The first-order valence-corrected chi connectivity index (χ1v) is 13.8. The lowest BCUT2D eigenvalue weighted by molar-refractivity contribution is -0.154. The number of cyclic esters (lactones) is 1. The maximum atomic E-state index is 13.2. The molecule has 3 rings (SSSR count). The topological polar surface area (TPSA) is 135 Å². The lowest BCUT2D eigenvalue weighted by atomic mass is 9.73. The lowest BCUT2D eigenvalue weighted by Crippen LogP contribution is -2.45. The van der Waals surface area contributed by atoms with E-state index in [2.05, 4.69) is 11.9 Å². The molecule has 2 aliphatic rings. The van der Waals surface area contributed by atoms with Gasteiger partial charge in [-0.2, -0.15) is 0 Å². The second-order valence-electron chi connectivity index (χ2n) is 11.3. The van der Waals surface area contributed by atoms with Crippen molar-refractivity contribution >= 4 is 29.2 Å². The van der Waals surface area contributed by atoms with Crippen molar-refractivity contribution in [1.29, 1.82) is 0 Å². The fraction of sp³-hybridized carbons (Fsp3) is 0.741. The van der Waals surface area contributed by atoms with Gasteiger partial charge in [-0.25, -0.2) is 4.98 Å². The summed E-state index contributed by atoms with van der Waals surface area (Å²) < 4.78 is 11.9. The minimum Gasteiger partial charge on any atom is -0.458 e. The number of hydrogen-bond acceptors (Lipinski definition) is 9. The number of nitrogens with zero attached hydrogens (tertiary/aromatic N) is 1. The van der Waals surface area contributed by atoms with E-state index in [9.17, 15) is 19.8 Å². The van der Waals surface area contributed by atoms with Crippen LogP contribution >= 0.6 is 11.3 Å². The minimum absolute atomic E-state index is 0.0660. The van der Waals surface area contributed by atoms with Crippen molar-refractivity contribution in [3.05, 3.63) is 21.7 Å². The predicted octanol–water partition coefficient (Wildman–Crippen LogP) is 3.63. The van der Waals surface area contributed by atoms with Crippen LogP contribution in [-0.2, 0) is 25.6 Å².